The Balaban J connectivity index is 1.96. The number of benzene rings is 1. The topological polar surface area (TPSA) is 92.5 Å². The molecule has 1 aromatic carbocycles. The van der Waals surface area contributed by atoms with Gasteiger partial charge in [0.2, 0.25) is 0 Å². The summed E-state index contributed by atoms with van der Waals surface area (Å²) in [6.07, 6.45) is 0.806. The number of hydrogen-bond donors (Lipinski definition) is 2. The first kappa shape index (κ1) is 17.9. The number of nitrogens with one attached hydrogen (secondary N) is 2. The molecule has 0 aliphatic carbocycles. The van der Waals surface area contributed by atoms with Gasteiger partial charge in [-0.25, -0.2) is 9.98 Å². The lowest BCUT2D eigenvalue weighted by molar-refractivity contribution is -0.385. The van der Waals surface area contributed by atoms with Crippen LogP contribution < -0.4 is 10.6 Å². The number of para-hydroxylation sites is 1. The third-order valence-corrected chi connectivity index (χ3v) is 4.10. The lowest BCUT2D eigenvalue weighted by atomic mass is 10.2. The molecule has 0 spiro atoms. The van der Waals surface area contributed by atoms with Crippen LogP contribution in [-0.2, 0) is 13.0 Å². The quantitative estimate of drug-likeness (QED) is 0.348. The molecule has 0 amide bonds. The van der Waals surface area contributed by atoms with E-state index in [9.17, 15) is 10.1 Å². The maximum absolute atomic E-state index is 11.0. The van der Waals surface area contributed by atoms with Crippen LogP contribution in [-0.4, -0.2) is 29.0 Å². The number of nitro groups is 1. The number of aryl methyl sites for hydroxylation is 1. The first-order valence-electron chi connectivity index (χ1n) is 7.75. The van der Waals surface area contributed by atoms with Gasteiger partial charge in [0.15, 0.2) is 5.96 Å². The molecule has 2 N–H and O–H groups in total. The third-order valence-electron chi connectivity index (χ3n) is 3.28. The molecule has 2 aromatic rings. The van der Waals surface area contributed by atoms with E-state index in [4.69, 9.17) is 0 Å². The van der Waals surface area contributed by atoms with E-state index in [0.29, 0.717) is 18.1 Å². The molecule has 7 nitrogen and oxygen atoms in total. The van der Waals surface area contributed by atoms with E-state index in [2.05, 4.69) is 26.0 Å². The molecule has 0 saturated heterocycles. The van der Waals surface area contributed by atoms with Crippen LogP contribution in [0.2, 0.25) is 0 Å². The summed E-state index contributed by atoms with van der Waals surface area (Å²) in [4.78, 5) is 19.5. The van der Waals surface area contributed by atoms with Crippen LogP contribution in [0.3, 0.4) is 0 Å². The normalized spacial score (nSPS) is 11.3. The zero-order valence-electron chi connectivity index (χ0n) is 13.8. The van der Waals surface area contributed by atoms with E-state index in [1.54, 1.807) is 29.5 Å². The lowest BCUT2D eigenvalue weighted by Gasteiger charge is -2.10. The van der Waals surface area contributed by atoms with Crippen molar-refractivity contribution in [2.75, 3.05) is 13.1 Å². The Labute approximate surface area is 145 Å². The molecular formula is C16H21N5O2S. The molecule has 0 fully saturated rings. The number of thiazole rings is 1. The SMILES string of the molecule is CCNC(=NCc1ccccc1[N+](=O)[O-])NCCc1csc(C)n1. The Hall–Kier alpha value is -2.48. The van der Waals surface area contributed by atoms with Gasteiger partial charge in [0.1, 0.15) is 0 Å². The number of guanidine groups is 1. The van der Waals surface area contributed by atoms with Crippen molar-refractivity contribution in [3.63, 3.8) is 0 Å². The van der Waals surface area contributed by atoms with E-state index in [1.165, 1.54) is 6.07 Å². The maximum Gasteiger partial charge on any atom is 0.274 e. The van der Waals surface area contributed by atoms with E-state index in [1.807, 2.05) is 13.8 Å². The predicted octanol–water partition coefficient (Wildman–Crippen LogP) is 2.66. The standard InChI is InChI=1S/C16H21N5O2S/c1-3-17-16(18-9-8-14-11-24-12(2)20-14)19-10-13-6-4-5-7-15(13)21(22)23/h4-7,11H,3,8-10H2,1-2H3,(H2,17,18,19). The Morgan fingerprint density at radius 3 is 2.83 bits per heavy atom. The van der Waals surface area contributed by atoms with Gasteiger partial charge in [-0.2, -0.15) is 0 Å². The smallest absolute Gasteiger partial charge is 0.274 e. The molecule has 24 heavy (non-hydrogen) atoms. The predicted molar refractivity (Wildman–Crippen MR) is 96.5 cm³/mol. The molecule has 0 unspecified atom stereocenters. The largest absolute Gasteiger partial charge is 0.357 e. The molecule has 8 heteroatoms. The number of aromatic nitrogens is 1. The Bertz CT molecular complexity index is 714. The van der Waals surface area contributed by atoms with E-state index in [0.717, 1.165) is 23.7 Å². The van der Waals surface area contributed by atoms with Crippen LogP contribution in [0.4, 0.5) is 5.69 Å². The molecule has 1 aromatic heterocycles. The highest BCUT2D eigenvalue weighted by molar-refractivity contribution is 7.09. The summed E-state index contributed by atoms with van der Waals surface area (Å²) >= 11 is 1.64. The van der Waals surface area contributed by atoms with Crippen LogP contribution in [0.5, 0.6) is 0 Å². The fourth-order valence-corrected chi connectivity index (χ4v) is 2.81. The average Bonchev–Trinajstić information content (AvgIpc) is 2.98. The maximum atomic E-state index is 11.0. The Morgan fingerprint density at radius 2 is 2.17 bits per heavy atom. The highest BCUT2D eigenvalue weighted by Crippen LogP contribution is 2.18. The summed E-state index contributed by atoms with van der Waals surface area (Å²) in [5, 5.41) is 20.5. The highest BCUT2D eigenvalue weighted by Gasteiger charge is 2.11. The number of rotatable bonds is 7. The molecular weight excluding hydrogens is 326 g/mol. The Kier molecular flexibility index (Phi) is 6.68. The van der Waals surface area contributed by atoms with Gasteiger partial charge in [0.05, 0.1) is 27.7 Å². The van der Waals surface area contributed by atoms with Gasteiger partial charge in [0, 0.05) is 31.0 Å². The molecule has 2 rings (SSSR count). The molecule has 1 heterocycles. The minimum atomic E-state index is -0.379. The van der Waals surface area contributed by atoms with Crippen molar-refractivity contribution in [1.29, 1.82) is 0 Å². The van der Waals surface area contributed by atoms with Crippen molar-refractivity contribution in [1.82, 2.24) is 15.6 Å². The second kappa shape index (κ2) is 8.97. The zero-order chi connectivity index (χ0) is 17.4. The molecule has 0 aliphatic heterocycles. The summed E-state index contributed by atoms with van der Waals surface area (Å²) in [6.45, 7) is 5.64. The van der Waals surface area contributed by atoms with E-state index < -0.39 is 0 Å². The molecule has 0 radical (unpaired) electrons. The van der Waals surface area contributed by atoms with Gasteiger partial charge >= 0.3 is 0 Å². The van der Waals surface area contributed by atoms with E-state index in [-0.39, 0.29) is 17.2 Å². The van der Waals surface area contributed by atoms with Gasteiger partial charge in [-0.1, -0.05) is 18.2 Å². The van der Waals surface area contributed by atoms with Crippen molar-refractivity contribution in [3.8, 4) is 0 Å². The molecule has 0 saturated carbocycles. The second-order valence-electron chi connectivity index (χ2n) is 5.12. The average molecular weight is 347 g/mol. The summed E-state index contributed by atoms with van der Waals surface area (Å²) in [7, 11) is 0. The minimum absolute atomic E-state index is 0.0926. The van der Waals surface area contributed by atoms with Gasteiger partial charge in [-0.05, 0) is 13.8 Å². The van der Waals surface area contributed by atoms with Crippen molar-refractivity contribution < 1.29 is 4.92 Å². The van der Waals surface area contributed by atoms with Crippen molar-refractivity contribution in [3.05, 3.63) is 56.0 Å². The summed E-state index contributed by atoms with van der Waals surface area (Å²) < 4.78 is 0. The van der Waals surface area contributed by atoms with Gasteiger partial charge in [-0.3, -0.25) is 10.1 Å². The molecule has 0 atom stereocenters. The zero-order valence-corrected chi connectivity index (χ0v) is 14.6. The van der Waals surface area contributed by atoms with Crippen LogP contribution in [0.1, 0.15) is 23.2 Å². The van der Waals surface area contributed by atoms with Gasteiger partial charge in [-0.15, -0.1) is 11.3 Å². The monoisotopic (exact) mass is 347 g/mol. The molecule has 0 aliphatic rings. The van der Waals surface area contributed by atoms with Crippen LogP contribution in [0, 0.1) is 17.0 Å². The van der Waals surface area contributed by atoms with E-state index >= 15 is 0 Å². The minimum Gasteiger partial charge on any atom is -0.357 e. The van der Waals surface area contributed by atoms with Crippen LogP contribution in [0.25, 0.3) is 0 Å². The number of nitrogens with zero attached hydrogens (tertiary/aromatic N) is 3. The summed E-state index contributed by atoms with van der Waals surface area (Å²) in [5.74, 6) is 0.641. The Morgan fingerprint density at radius 1 is 1.38 bits per heavy atom. The van der Waals surface area contributed by atoms with Crippen molar-refractivity contribution in [2.45, 2.75) is 26.8 Å². The third kappa shape index (κ3) is 5.31. The van der Waals surface area contributed by atoms with Crippen LogP contribution >= 0.6 is 11.3 Å². The number of aliphatic imine (C=N–C) groups is 1. The number of nitro benzene ring substituents is 1. The van der Waals surface area contributed by atoms with Crippen molar-refractivity contribution in [2.24, 2.45) is 4.99 Å². The fraction of sp³-hybridized carbons (Fsp3) is 0.375. The summed E-state index contributed by atoms with van der Waals surface area (Å²) in [5.41, 5.74) is 1.74. The van der Waals surface area contributed by atoms with Crippen molar-refractivity contribution >= 4 is 23.0 Å². The first-order chi connectivity index (χ1) is 11.6. The lowest BCUT2D eigenvalue weighted by Crippen LogP contribution is -2.38. The highest BCUT2D eigenvalue weighted by atomic mass is 32.1. The molecule has 0 bridgehead atoms. The van der Waals surface area contributed by atoms with Gasteiger partial charge < -0.3 is 10.6 Å². The van der Waals surface area contributed by atoms with Gasteiger partial charge in [0.25, 0.3) is 5.69 Å². The number of hydrogen-bond acceptors (Lipinski definition) is 5. The fourth-order valence-electron chi connectivity index (χ4n) is 2.16. The second-order valence-corrected chi connectivity index (χ2v) is 6.18. The summed E-state index contributed by atoms with van der Waals surface area (Å²) in [6, 6.07) is 6.66. The first-order valence-corrected chi connectivity index (χ1v) is 8.63. The molecule has 128 valence electrons. The van der Waals surface area contributed by atoms with Crippen LogP contribution in [0.15, 0.2) is 34.6 Å².